The molecule has 1 aromatic carbocycles. The molecule has 0 fully saturated rings. The van der Waals surface area contributed by atoms with Gasteiger partial charge in [-0.05, 0) is 30.7 Å². The van der Waals surface area contributed by atoms with Crippen molar-refractivity contribution in [2.75, 3.05) is 5.73 Å². The highest BCUT2D eigenvalue weighted by Crippen LogP contribution is 2.31. The highest BCUT2D eigenvalue weighted by molar-refractivity contribution is 7.99. The minimum absolute atomic E-state index is 0.573. The summed E-state index contributed by atoms with van der Waals surface area (Å²) >= 11 is 7.45. The first kappa shape index (κ1) is 13.2. The number of nitrogens with zero attached hydrogens (tertiary/aromatic N) is 2. The fraction of sp³-hybridized carbons (Fsp3) is 0.231. The summed E-state index contributed by atoms with van der Waals surface area (Å²) in [5.74, 6) is 0.573. The molecule has 0 spiro atoms. The molecule has 0 amide bonds. The van der Waals surface area contributed by atoms with Gasteiger partial charge in [-0.15, -0.1) is 0 Å². The standard InChI is InChI=1S/C13H14ClN3S/c1-2-3-11-12(15)16-8-17-13(11)18-10-6-4-9(14)5-7-10/h4-8H,2-3H2,1H3,(H2,15,16,17). The van der Waals surface area contributed by atoms with Gasteiger partial charge in [-0.1, -0.05) is 36.7 Å². The first-order valence-corrected chi connectivity index (χ1v) is 6.93. The van der Waals surface area contributed by atoms with Crippen LogP contribution in [0.5, 0.6) is 0 Å². The third-order valence-corrected chi connectivity index (χ3v) is 3.77. The van der Waals surface area contributed by atoms with E-state index in [9.17, 15) is 0 Å². The van der Waals surface area contributed by atoms with Gasteiger partial charge >= 0.3 is 0 Å². The first-order valence-electron chi connectivity index (χ1n) is 5.73. The van der Waals surface area contributed by atoms with Crippen LogP contribution in [0.4, 0.5) is 5.82 Å². The Hall–Kier alpha value is -1.26. The zero-order valence-electron chi connectivity index (χ0n) is 10.1. The van der Waals surface area contributed by atoms with Crippen molar-refractivity contribution < 1.29 is 0 Å². The van der Waals surface area contributed by atoms with Crippen LogP contribution in [0.15, 0.2) is 40.5 Å². The molecule has 0 aliphatic heterocycles. The van der Waals surface area contributed by atoms with E-state index in [0.717, 1.165) is 33.3 Å². The second-order valence-corrected chi connectivity index (χ2v) is 5.35. The van der Waals surface area contributed by atoms with Gasteiger partial charge in [0.2, 0.25) is 0 Å². The van der Waals surface area contributed by atoms with E-state index in [-0.39, 0.29) is 0 Å². The van der Waals surface area contributed by atoms with Crippen molar-refractivity contribution in [1.29, 1.82) is 0 Å². The van der Waals surface area contributed by atoms with Crippen LogP contribution in [0, 0.1) is 0 Å². The molecule has 0 atom stereocenters. The number of hydrogen-bond acceptors (Lipinski definition) is 4. The predicted molar refractivity (Wildman–Crippen MR) is 76.0 cm³/mol. The van der Waals surface area contributed by atoms with Crippen LogP contribution in [-0.2, 0) is 6.42 Å². The summed E-state index contributed by atoms with van der Waals surface area (Å²) in [6.07, 6.45) is 3.42. The van der Waals surface area contributed by atoms with Crippen molar-refractivity contribution in [3.05, 3.63) is 41.2 Å². The van der Waals surface area contributed by atoms with Gasteiger partial charge < -0.3 is 5.73 Å². The van der Waals surface area contributed by atoms with Crippen molar-refractivity contribution in [3.63, 3.8) is 0 Å². The van der Waals surface area contributed by atoms with Crippen LogP contribution >= 0.6 is 23.4 Å². The van der Waals surface area contributed by atoms with Gasteiger partial charge in [-0.3, -0.25) is 0 Å². The van der Waals surface area contributed by atoms with Gasteiger partial charge in [0.15, 0.2) is 0 Å². The molecular weight excluding hydrogens is 266 g/mol. The first-order chi connectivity index (χ1) is 8.70. The van der Waals surface area contributed by atoms with E-state index in [1.165, 1.54) is 6.33 Å². The number of benzene rings is 1. The number of hydrogen-bond donors (Lipinski definition) is 1. The fourth-order valence-electron chi connectivity index (χ4n) is 1.60. The fourth-order valence-corrected chi connectivity index (χ4v) is 2.65. The van der Waals surface area contributed by atoms with Gasteiger partial charge in [0.25, 0.3) is 0 Å². The number of nitrogen functional groups attached to an aromatic ring is 1. The second kappa shape index (κ2) is 6.07. The summed E-state index contributed by atoms with van der Waals surface area (Å²) in [5.41, 5.74) is 6.93. The van der Waals surface area contributed by atoms with Crippen LogP contribution in [0.1, 0.15) is 18.9 Å². The van der Waals surface area contributed by atoms with E-state index in [2.05, 4.69) is 16.9 Å². The molecule has 2 aromatic rings. The van der Waals surface area contributed by atoms with Crippen LogP contribution in [0.25, 0.3) is 0 Å². The Kier molecular flexibility index (Phi) is 4.44. The summed E-state index contributed by atoms with van der Waals surface area (Å²) in [6.45, 7) is 2.11. The van der Waals surface area contributed by atoms with Crippen molar-refractivity contribution >= 4 is 29.2 Å². The van der Waals surface area contributed by atoms with Crippen molar-refractivity contribution in [1.82, 2.24) is 9.97 Å². The molecule has 0 aliphatic rings. The molecule has 0 bridgehead atoms. The SMILES string of the molecule is CCCc1c(N)ncnc1Sc1ccc(Cl)cc1. The molecule has 3 nitrogen and oxygen atoms in total. The smallest absolute Gasteiger partial charge is 0.131 e. The second-order valence-electron chi connectivity index (χ2n) is 3.85. The molecule has 2 N–H and O–H groups in total. The largest absolute Gasteiger partial charge is 0.383 e. The third kappa shape index (κ3) is 3.15. The van der Waals surface area contributed by atoms with E-state index in [0.29, 0.717) is 5.82 Å². The molecule has 0 aliphatic carbocycles. The van der Waals surface area contributed by atoms with Gasteiger partial charge in [-0.2, -0.15) is 0 Å². The van der Waals surface area contributed by atoms with E-state index in [4.69, 9.17) is 17.3 Å². The third-order valence-electron chi connectivity index (χ3n) is 2.47. The average molecular weight is 280 g/mol. The lowest BCUT2D eigenvalue weighted by Crippen LogP contribution is -2.01. The Bertz CT molecular complexity index is 528. The number of nitrogens with two attached hydrogens (primary N) is 1. The monoisotopic (exact) mass is 279 g/mol. The van der Waals surface area contributed by atoms with Crippen LogP contribution in [0.3, 0.4) is 0 Å². The molecule has 1 heterocycles. The summed E-state index contributed by atoms with van der Waals surface area (Å²) in [6, 6.07) is 7.68. The summed E-state index contributed by atoms with van der Waals surface area (Å²) in [4.78, 5) is 9.45. The highest BCUT2D eigenvalue weighted by atomic mass is 35.5. The number of aromatic nitrogens is 2. The molecule has 0 unspecified atom stereocenters. The van der Waals surface area contributed by atoms with Crippen LogP contribution in [-0.4, -0.2) is 9.97 Å². The van der Waals surface area contributed by atoms with Crippen molar-refractivity contribution in [3.8, 4) is 0 Å². The van der Waals surface area contributed by atoms with Gasteiger partial charge in [0, 0.05) is 15.5 Å². The minimum Gasteiger partial charge on any atom is -0.383 e. The normalized spacial score (nSPS) is 10.6. The van der Waals surface area contributed by atoms with E-state index < -0.39 is 0 Å². The topological polar surface area (TPSA) is 51.8 Å². The lowest BCUT2D eigenvalue weighted by atomic mass is 10.2. The van der Waals surface area contributed by atoms with Crippen molar-refractivity contribution in [2.24, 2.45) is 0 Å². The minimum atomic E-state index is 0.573. The Balaban J connectivity index is 2.28. The van der Waals surface area contributed by atoms with Gasteiger partial charge in [0.1, 0.15) is 17.2 Å². The van der Waals surface area contributed by atoms with E-state index >= 15 is 0 Å². The molecule has 0 saturated heterocycles. The summed E-state index contributed by atoms with van der Waals surface area (Å²) in [7, 11) is 0. The number of rotatable bonds is 4. The van der Waals surface area contributed by atoms with Crippen LogP contribution < -0.4 is 5.73 Å². The number of anilines is 1. The zero-order valence-corrected chi connectivity index (χ0v) is 11.6. The average Bonchev–Trinajstić information content (AvgIpc) is 2.36. The molecule has 0 saturated carbocycles. The lowest BCUT2D eigenvalue weighted by Gasteiger charge is -2.09. The molecule has 2 rings (SSSR count). The van der Waals surface area contributed by atoms with E-state index in [1.807, 2.05) is 24.3 Å². The molecule has 0 radical (unpaired) electrons. The molecule has 5 heteroatoms. The molecular formula is C13H14ClN3S. The maximum absolute atomic E-state index is 5.90. The summed E-state index contributed by atoms with van der Waals surface area (Å²) in [5, 5.41) is 1.65. The van der Waals surface area contributed by atoms with Gasteiger partial charge in [0.05, 0.1) is 0 Å². The number of halogens is 1. The maximum atomic E-state index is 5.90. The quantitative estimate of drug-likeness (QED) is 0.865. The Morgan fingerprint density at radius 3 is 2.61 bits per heavy atom. The Morgan fingerprint density at radius 2 is 1.94 bits per heavy atom. The highest BCUT2D eigenvalue weighted by Gasteiger charge is 2.09. The Labute approximate surface area is 116 Å². The van der Waals surface area contributed by atoms with Gasteiger partial charge in [-0.25, -0.2) is 9.97 Å². The van der Waals surface area contributed by atoms with Crippen molar-refractivity contribution in [2.45, 2.75) is 29.7 Å². The van der Waals surface area contributed by atoms with Crippen LogP contribution in [0.2, 0.25) is 5.02 Å². The molecule has 1 aromatic heterocycles. The van der Waals surface area contributed by atoms with E-state index in [1.54, 1.807) is 11.8 Å². The lowest BCUT2D eigenvalue weighted by molar-refractivity contribution is 0.862. The predicted octanol–water partition coefficient (Wildman–Crippen LogP) is 3.82. The zero-order chi connectivity index (χ0) is 13.0. The maximum Gasteiger partial charge on any atom is 0.131 e. The Morgan fingerprint density at radius 1 is 1.22 bits per heavy atom. The molecule has 18 heavy (non-hydrogen) atoms. The summed E-state index contributed by atoms with van der Waals surface area (Å²) < 4.78 is 0. The molecule has 94 valence electrons.